The van der Waals surface area contributed by atoms with Crippen molar-refractivity contribution >= 4 is 23.5 Å². The molecular formula is C24H30FN5O4. The van der Waals surface area contributed by atoms with Gasteiger partial charge in [0, 0.05) is 29.4 Å². The Labute approximate surface area is 198 Å². The minimum atomic E-state index is -0.466. The highest BCUT2D eigenvalue weighted by Gasteiger charge is 2.31. The molecule has 1 aliphatic heterocycles. The Hall–Kier alpha value is -3.37. The van der Waals surface area contributed by atoms with Gasteiger partial charge in [-0.25, -0.2) is 19.2 Å². The third kappa shape index (κ3) is 5.95. The SMILES string of the molecule is C=CN(c1ncnc(NC(=O)NCC)c1C)C1CCC(COCc2c(F)cccc2C(C)=O)O1. The number of ketones is 1. The lowest BCUT2D eigenvalue weighted by molar-refractivity contribution is -0.0185. The van der Waals surface area contributed by atoms with Crippen molar-refractivity contribution in [2.75, 3.05) is 23.4 Å². The summed E-state index contributed by atoms with van der Waals surface area (Å²) in [5.74, 6) is 0.290. The molecule has 1 aromatic heterocycles. The second-order valence-electron chi connectivity index (χ2n) is 7.87. The van der Waals surface area contributed by atoms with Crippen LogP contribution in [0.3, 0.4) is 0 Å². The molecule has 2 heterocycles. The molecular weight excluding hydrogens is 441 g/mol. The first kappa shape index (κ1) is 25.3. The highest BCUT2D eigenvalue weighted by Crippen LogP contribution is 2.30. The standard InChI is InChI=1S/C24H30FN5O4/c1-5-26-24(32)29-22-15(3)23(28-14-27-22)30(6-2)21-11-10-17(34-21)12-33-13-19-18(16(4)31)8-7-9-20(19)25/h6-9,14,17,21H,2,5,10-13H2,1,3-4H3,(H2,26,27,28,29,32). The number of ether oxygens (including phenoxy) is 2. The van der Waals surface area contributed by atoms with Gasteiger partial charge in [0.1, 0.15) is 30.0 Å². The van der Waals surface area contributed by atoms with Crippen molar-refractivity contribution < 1.29 is 23.5 Å². The van der Waals surface area contributed by atoms with Crippen LogP contribution in [0.4, 0.5) is 20.8 Å². The Morgan fingerprint density at radius 3 is 2.85 bits per heavy atom. The number of rotatable bonds is 10. The number of benzene rings is 1. The molecule has 10 heteroatoms. The number of Topliss-reactive ketones (excluding diaryl/α,β-unsaturated/α-hetero) is 1. The number of nitrogens with one attached hydrogen (secondary N) is 2. The van der Waals surface area contributed by atoms with Crippen molar-refractivity contribution in [3.63, 3.8) is 0 Å². The van der Waals surface area contributed by atoms with E-state index in [0.717, 1.165) is 6.42 Å². The molecule has 0 spiro atoms. The molecule has 182 valence electrons. The minimum absolute atomic E-state index is 0.0167. The summed E-state index contributed by atoms with van der Waals surface area (Å²) in [5.41, 5.74) is 1.24. The molecule has 1 aliphatic rings. The molecule has 0 saturated carbocycles. The Balaban J connectivity index is 1.62. The molecule has 1 aromatic carbocycles. The van der Waals surface area contributed by atoms with Gasteiger partial charge in [0.2, 0.25) is 0 Å². The Bertz CT molecular complexity index is 1050. The van der Waals surface area contributed by atoms with E-state index in [1.54, 1.807) is 17.2 Å². The number of anilines is 2. The highest BCUT2D eigenvalue weighted by molar-refractivity contribution is 5.95. The number of amides is 2. The zero-order valence-corrected chi connectivity index (χ0v) is 19.6. The molecule has 1 fully saturated rings. The third-order valence-electron chi connectivity index (χ3n) is 5.51. The molecule has 9 nitrogen and oxygen atoms in total. The first-order chi connectivity index (χ1) is 16.3. The van der Waals surface area contributed by atoms with E-state index in [4.69, 9.17) is 9.47 Å². The summed E-state index contributed by atoms with van der Waals surface area (Å²) >= 11 is 0. The molecule has 0 aliphatic carbocycles. The number of carbonyl (C=O) groups is 2. The van der Waals surface area contributed by atoms with Gasteiger partial charge in [0.15, 0.2) is 5.78 Å². The fourth-order valence-corrected chi connectivity index (χ4v) is 3.82. The fraction of sp³-hybridized carbons (Fsp3) is 0.417. The highest BCUT2D eigenvalue weighted by atomic mass is 19.1. The van der Waals surface area contributed by atoms with Crippen molar-refractivity contribution in [3.8, 4) is 0 Å². The van der Waals surface area contributed by atoms with E-state index in [9.17, 15) is 14.0 Å². The number of hydrogen-bond acceptors (Lipinski definition) is 7. The molecule has 2 amide bonds. The maximum absolute atomic E-state index is 14.2. The summed E-state index contributed by atoms with van der Waals surface area (Å²) in [7, 11) is 0. The molecule has 34 heavy (non-hydrogen) atoms. The van der Waals surface area contributed by atoms with E-state index in [1.807, 2.05) is 13.8 Å². The van der Waals surface area contributed by atoms with Crippen LogP contribution < -0.4 is 15.5 Å². The first-order valence-electron chi connectivity index (χ1n) is 11.1. The molecule has 2 atom stereocenters. The smallest absolute Gasteiger partial charge is 0.320 e. The van der Waals surface area contributed by atoms with Crippen LogP contribution in [0.1, 0.15) is 48.2 Å². The predicted octanol–water partition coefficient (Wildman–Crippen LogP) is 3.94. The van der Waals surface area contributed by atoms with Crippen LogP contribution in [0.25, 0.3) is 0 Å². The second-order valence-corrected chi connectivity index (χ2v) is 7.87. The predicted molar refractivity (Wildman–Crippen MR) is 126 cm³/mol. The van der Waals surface area contributed by atoms with Crippen LogP contribution in [-0.4, -0.2) is 47.3 Å². The largest absolute Gasteiger partial charge is 0.374 e. The van der Waals surface area contributed by atoms with Crippen LogP contribution in [0.5, 0.6) is 0 Å². The van der Waals surface area contributed by atoms with Gasteiger partial charge in [-0.3, -0.25) is 10.1 Å². The van der Waals surface area contributed by atoms with Crippen LogP contribution in [0.2, 0.25) is 0 Å². The lowest BCUT2D eigenvalue weighted by atomic mass is 10.0. The zero-order valence-electron chi connectivity index (χ0n) is 19.6. The number of hydrogen-bond donors (Lipinski definition) is 2. The van der Waals surface area contributed by atoms with E-state index in [2.05, 4.69) is 27.2 Å². The average molecular weight is 472 g/mol. The molecule has 1 saturated heterocycles. The fourth-order valence-electron chi connectivity index (χ4n) is 3.82. The quantitative estimate of drug-likeness (QED) is 0.506. The molecule has 2 aromatic rings. The molecule has 2 unspecified atom stereocenters. The number of urea groups is 1. The summed E-state index contributed by atoms with van der Waals surface area (Å²) in [6.07, 6.45) is 3.86. The summed E-state index contributed by atoms with van der Waals surface area (Å²) in [6.45, 7) is 9.65. The second kappa shape index (κ2) is 11.7. The number of nitrogens with zero attached hydrogens (tertiary/aromatic N) is 3. The van der Waals surface area contributed by atoms with Crippen molar-refractivity contribution in [2.24, 2.45) is 0 Å². The van der Waals surface area contributed by atoms with Crippen LogP contribution in [-0.2, 0) is 16.1 Å². The Kier molecular flexibility index (Phi) is 8.67. The van der Waals surface area contributed by atoms with Gasteiger partial charge in [-0.1, -0.05) is 18.7 Å². The van der Waals surface area contributed by atoms with Gasteiger partial charge >= 0.3 is 6.03 Å². The minimum Gasteiger partial charge on any atom is -0.374 e. The number of aromatic nitrogens is 2. The van der Waals surface area contributed by atoms with Gasteiger partial charge in [-0.15, -0.1) is 0 Å². The van der Waals surface area contributed by atoms with Crippen molar-refractivity contribution in [1.29, 1.82) is 0 Å². The zero-order chi connectivity index (χ0) is 24.7. The normalized spacial score (nSPS) is 17.3. The molecule has 0 radical (unpaired) electrons. The van der Waals surface area contributed by atoms with E-state index in [0.29, 0.717) is 35.7 Å². The molecule has 2 N–H and O–H groups in total. The lowest BCUT2D eigenvalue weighted by Crippen LogP contribution is -2.33. The molecule has 3 rings (SSSR count). The van der Waals surface area contributed by atoms with E-state index < -0.39 is 5.82 Å². The van der Waals surface area contributed by atoms with Crippen LogP contribution >= 0.6 is 0 Å². The van der Waals surface area contributed by atoms with Gasteiger partial charge < -0.3 is 19.7 Å². The van der Waals surface area contributed by atoms with E-state index in [1.165, 1.54) is 25.4 Å². The maximum Gasteiger partial charge on any atom is 0.320 e. The monoisotopic (exact) mass is 471 g/mol. The van der Waals surface area contributed by atoms with E-state index >= 15 is 0 Å². The topological polar surface area (TPSA) is 106 Å². The summed E-state index contributed by atoms with van der Waals surface area (Å²) in [5, 5.41) is 5.38. The Morgan fingerprint density at radius 2 is 2.15 bits per heavy atom. The number of carbonyl (C=O) groups excluding carboxylic acids is 2. The maximum atomic E-state index is 14.2. The van der Waals surface area contributed by atoms with Crippen LogP contribution in [0, 0.1) is 12.7 Å². The summed E-state index contributed by atoms with van der Waals surface area (Å²) < 4.78 is 26.0. The van der Waals surface area contributed by atoms with Gasteiger partial charge in [0.05, 0.1) is 19.3 Å². The number of halogens is 1. The van der Waals surface area contributed by atoms with Gasteiger partial charge in [0.25, 0.3) is 0 Å². The average Bonchev–Trinajstić information content (AvgIpc) is 3.26. The summed E-state index contributed by atoms with van der Waals surface area (Å²) in [6, 6.07) is 4.07. The van der Waals surface area contributed by atoms with Gasteiger partial charge in [-0.2, -0.15) is 0 Å². The lowest BCUT2D eigenvalue weighted by Gasteiger charge is -2.28. The van der Waals surface area contributed by atoms with Crippen molar-refractivity contribution in [3.05, 3.63) is 59.8 Å². The third-order valence-corrected chi connectivity index (χ3v) is 5.51. The first-order valence-corrected chi connectivity index (χ1v) is 11.1. The van der Waals surface area contributed by atoms with Crippen molar-refractivity contribution in [1.82, 2.24) is 15.3 Å². The van der Waals surface area contributed by atoms with Crippen LogP contribution in [0.15, 0.2) is 37.3 Å². The molecule has 0 bridgehead atoms. The Morgan fingerprint density at radius 1 is 1.35 bits per heavy atom. The summed E-state index contributed by atoms with van der Waals surface area (Å²) in [4.78, 5) is 34.0. The van der Waals surface area contributed by atoms with E-state index in [-0.39, 0.29) is 42.9 Å². The van der Waals surface area contributed by atoms with Gasteiger partial charge in [-0.05, 0) is 39.7 Å². The van der Waals surface area contributed by atoms with Crippen molar-refractivity contribution in [2.45, 2.75) is 52.6 Å².